The van der Waals surface area contributed by atoms with Gasteiger partial charge >= 0.3 is 0 Å². The molecule has 0 radical (unpaired) electrons. The third-order valence-corrected chi connectivity index (χ3v) is 5.53. The van der Waals surface area contributed by atoms with Crippen molar-refractivity contribution in [3.8, 4) is 5.75 Å². The molecule has 0 spiro atoms. The van der Waals surface area contributed by atoms with Crippen molar-refractivity contribution in [2.24, 2.45) is 0 Å². The van der Waals surface area contributed by atoms with Crippen LogP contribution in [0.2, 0.25) is 0 Å². The molecule has 1 fully saturated rings. The third kappa shape index (κ3) is 4.82. The predicted molar refractivity (Wildman–Crippen MR) is 98.2 cm³/mol. The highest BCUT2D eigenvalue weighted by Gasteiger charge is 2.27. The summed E-state index contributed by atoms with van der Waals surface area (Å²) in [6.45, 7) is 3.94. The van der Waals surface area contributed by atoms with Crippen LogP contribution >= 0.6 is 0 Å². The maximum atomic E-state index is 11.6. The Balaban J connectivity index is 1.72. The average Bonchev–Trinajstić information content (AvgIpc) is 2.88. The monoisotopic (exact) mass is 362 g/mol. The van der Waals surface area contributed by atoms with Gasteiger partial charge < -0.3 is 15.4 Å². The number of rotatable bonds is 6. The van der Waals surface area contributed by atoms with Crippen molar-refractivity contribution in [3.05, 3.63) is 36.7 Å². The highest BCUT2D eigenvalue weighted by molar-refractivity contribution is 7.91. The van der Waals surface area contributed by atoms with Gasteiger partial charge in [0.1, 0.15) is 23.7 Å². The Labute approximate surface area is 147 Å². The molecule has 1 atom stereocenters. The van der Waals surface area contributed by atoms with Crippen LogP contribution in [0, 0.1) is 0 Å². The summed E-state index contributed by atoms with van der Waals surface area (Å²) >= 11 is 0. The molecule has 1 saturated heterocycles. The standard InChI is InChI=1S/C17H22N4O3S/c1-12(2)24-15-6-4-3-5-14(15)21-17-9-16(18-11-19-17)20-13-7-8-25(22,23)10-13/h3-6,9,11-13H,7-8,10H2,1-2H3,(H2,18,19,20,21). The number of sulfone groups is 1. The number of nitrogens with one attached hydrogen (secondary N) is 2. The maximum Gasteiger partial charge on any atom is 0.152 e. The number of aromatic nitrogens is 2. The molecule has 1 aromatic carbocycles. The Hall–Kier alpha value is -2.35. The van der Waals surface area contributed by atoms with Gasteiger partial charge in [-0.25, -0.2) is 18.4 Å². The molecule has 1 aliphatic rings. The van der Waals surface area contributed by atoms with Crippen LogP contribution in [0.5, 0.6) is 5.75 Å². The molecule has 1 aromatic heterocycles. The zero-order chi connectivity index (χ0) is 17.9. The third-order valence-electron chi connectivity index (χ3n) is 3.76. The van der Waals surface area contributed by atoms with Gasteiger partial charge in [-0.1, -0.05) is 12.1 Å². The minimum absolute atomic E-state index is 0.0647. The zero-order valence-electron chi connectivity index (χ0n) is 14.3. The van der Waals surface area contributed by atoms with Gasteiger partial charge in [0.05, 0.1) is 23.3 Å². The summed E-state index contributed by atoms with van der Waals surface area (Å²) in [4.78, 5) is 8.40. The van der Waals surface area contributed by atoms with E-state index in [1.807, 2.05) is 38.1 Å². The summed E-state index contributed by atoms with van der Waals surface area (Å²) < 4.78 is 28.9. The summed E-state index contributed by atoms with van der Waals surface area (Å²) in [6.07, 6.45) is 2.11. The van der Waals surface area contributed by atoms with E-state index >= 15 is 0 Å². The molecular formula is C17H22N4O3S. The van der Waals surface area contributed by atoms with E-state index in [-0.39, 0.29) is 23.7 Å². The quantitative estimate of drug-likeness (QED) is 0.816. The van der Waals surface area contributed by atoms with Crippen molar-refractivity contribution in [1.82, 2.24) is 9.97 Å². The topological polar surface area (TPSA) is 93.2 Å². The maximum absolute atomic E-state index is 11.6. The SMILES string of the molecule is CC(C)Oc1ccccc1Nc1cc(NC2CCS(=O)(=O)C2)ncn1. The number of anilines is 3. The fraction of sp³-hybridized carbons (Fsp3) is 0.412. The van der Waals surface area contributed by atoms with Crippen LogP contribution in [0.1, 0.15) is 20.3 Å². The lowest BCUT2D eigenvalue weighted by Gasteiger charge is -2.16. The van der Waals surface area contributed by atoms with Gasteiger partial charge in [-0.2, -0.15) is 0 Å². The molecule has 0 aliphatic carbocycles. The molecule has 1 unspecified atom stereocenters. The van der Waals surface area contributed by atoms with Crippen molar-refractivity contribution in [3.63, 3.8) is 0 Å². The van der Waals surface area contributed by atoms with Gasteiger partial charge in [0, 0.05) is 12.1 Å². The second-order valence-electron chi connectivity index (χ2n) is 6.32. The lowest BCUT2D eigenvalue weighted by Crippen LogP contribution is -2.21. The summed E-state index contributed by atoms with van der Waals surface area (Å²) in [5.74, 6) is 2.32. The largest absolute Gasteiger partial charge is 0.489 e. The van der Waals surface area contributed by atoms with Crippen LogP contribution in [0.3, 0.4) is 0 Å². The molecule has 8 heteroatoms. The second kappa shape index (κ2) is 7.26. The van der Waals surface area contributed by atoms with E-state index in [0.29, 0.717) is 18.1 Å². The molecule has 0 saturated carbocycles. The van der Waals surface area contributed by atoms with Crippen LogP contribution in [0.25, 0.3) is 0 Å². The van der Waals surface area contributed by atoms with E-state index in [4.69, 9.17) is 4.74 Å². The fourth-order valence-electron chi connectivity index (χ4n) is 2.69. The summed E-state index contributed by atoms with van der Waals surface area (Å²) in [5.41, 5.74) is 0.810. The number of nitrogens with zero attached hydrogens (tertiary/aromatic N) is 2. The van der Waals surface area contributed by atoms with Crippen LogP contribution in [0.15, 0.2) is 36.7 Å². The number of para-hydroxylation sites is 2. The van der Waals surface area contributed by atoms with E-state index < -0.39 is 9.84 Å². The first-order valence-electron chi connectivity index (χ1n) is 8.23. The van der Waals surface area contributed by atoms with Crippen LogP contribution < -0.4 is 15.4 Å². The smallest absolute Gasteiger partial charge is 0.152 e. The predicted octanol–water partition coefficient (Wildman–Crippen LogP) is 2.61. The average molecular weight is 362 g/mol. The second-order valence-corrected chi connectivity index (χ2v) is 8.55. The minimum atomic E-state index is -2.93. The highest BCUT2D eigenvalue weighted by Crippen LogP contribution is 2.28. The Kier molecular flexibility index (Phi) is 5.08. The van der Waals surface area contributed by atoms with E-state index in [9.17, 15) is 8.42 Å². The molecule has 2 aromatic rings. The van der Waals surface area contributed by atoms with Gasteiger partial charge in [0.15, 0.2) is 9.84 Å². The molecular weight excluding hydrogens is 340 g/mol. The van der Waals surface area contributed by atoms with Gasteiger partial charge in [-0.3, -0.25) is 0 Å². The lowest BCUT2D eigenvalue weighted by atomic mass is 10.2. The first kappa shape index (κ1) is 17.5. The lowest BCUT2D eigenvalue weighted by molar-refractivity contribution is 0.244. The van der Waals surface area contributed by atoms with E-state index in [2.05, 4.69) is 20.6 Å². The number of hydrogen-bond donors (Lipinski definition) is 2. The Morgan fingerprint density at radius 2 is 1.96 bits per heavy atom. The number of benzene rings is 1. The Bertz CT molecular complexity index is 839. The number of hydrogen-bond acceptors (Lipinski definition) is 7. The van der Waals surface area contributed by atoms with Crippen molar-refractivity contribution in [1.29, 1.82) is 0 Å². The molecule has 7 nitrogen and oxygen atoms in total. The summed E-state index contributed by atoms with van der Waals surface area (Å²) in [5, 5.41) is 6.39. The molecule has 2 N–H and O–H groups in total. The highest BCUT2D eigenvalue weighted by atomic mass is 32.2. The molecule has 1 aliphatic heterocycles. The van der Waals surface area contributed by atoms with Gasteiger partial charge in [0.25, 0.3) is 0 Å². The Morgan fingerprint density at radius 3 is 2.68 bits per heavy atom. The van der Waals surface area contributed by atoms with Crippen molar-refractivity contribution in [2.75, 3.05) is 22.1 Å². The van der Waals surface area contributed by atoms with Gasteiger partial charge in [-0.05, 0) is 32.4 Å². The minimum Gasteiger partial charge on any atom is -0.489 e. The zero-order valence-corrected chi connectivity index (χ0v) is 15.1. The normalized spacial score (nSPS) is 18.9. The molecule has 134 valence electrons. The Morgan fingerprint density at radius 1 is 1.20 bits per heavy atom. The van der Waals surface area contributed by atoms with E-state index in [0.717, 1.165) is 11.4 Å². The van der Waals surface area contributed by atoms with Crippen molar-refractivity contribution in [2.45, 2.75) is 32.4 Å². The van der Waals surface area contributed by atoms with Gasteiger partial charge in [-0.15, -0.1) is 0 Å². The van der Waals surface area contributed by atoms with E-state index in [1.165, 1.54) is 6.33 Å². The molecule has 0 bridgehead atoms. The van der Waals surface area contributed by atoms with Crippen LogP contribution in [-0.4, -0.2) is 42.0 Å². The molecule has 0 amide bonds. The van der Waals surface area contributed by atoms with Crippen LogP contribution in [0.4, 0.5) is 17.3 Å². The van der Waals surface area contributed by atoms with Gasteiger partial charge in [0.2, 0.25) is 0 Å². The first-order chi connectivity index (χ1) is 11.9. The van der Waals surface area contributed by atoms with E-state index in [1.54, 1.807) is 6.07 Å². The number of ether oxygens (including phenoxy) is 1. The van der Waals surface area contributed by atoms with Crippen molar-refractivity contribution >= 4 is 27.2 Å². The fourth-order valence-corrected chi connectivity index (χ4v) is 4.36. The molecule has 2 heterocycles. The summed E-state index contributed by atoms with van der Waals surface area (Å²) in [7, 11) is -2.93. The molecule has 3 rings (SSSR count). The van der Waals surface area contributed by atoms with Crippen LogP contribution in [-0.2, 0) is 9.84 Å². The summed E-state index contributed by atoms with van der Waals surface area (Å²) in [6, 6.07) is 9.29. The van der Waals surface area contributed by atoms with Crippen molar-refractivity contribution < 1.29 is 13.2 Å². The molecule has 25 heavy (non-hydrogen) atoms. The first-order valence-corrected chi connectivity index (χ1v) is 10.1.